The Morgan fingerprint density at radius 2 is 1.79 bits per heavy atom. The highest BCUT2D eigenvalue weighted by atomic mass is 79.9. The van der Waals surface area contributed by atoms with Crippen molar-refractivity contribution in [1.29, 1.82) is 0 Å². The van der Waals surface area contributed by atoms with Crippen molar-refractivity contribution in [3.05, 3.63) is 98.3 Å². The number of amides is 7. The molecule has 2 fully saturated rings. The van der Waals surface area contributed by atoms with Crippen LogP contribution in [0.5, 0.6) is 0 Å². The normalized spacial score (nSPS) is 18.8. The summed E-state index contributed by atoms with van der Waals surface area (Å²) in [5.74, 6) is 2.80. The number of thiophene rings is 1. The fourth-order valence-corrected chi connectivity index (χ4v) is 10.1. The van der Waals surface area contributed by atoms with E-state index >= 15 is 0 Å². The van der Waals surface area contributed by atoms with Gasteiger partial charge in [0.2, 0.25) is 29.5 Å². The first kappa shape index (κ1) is 52.0. The van der Waals surface area contributed by atoms with Crippen LogP contribution >= 0.6 is 34.9 Å². The van der Waals surface area contributed by atoms with E-state index in [1.54, 1.807) is 70.3 Å². The molecule has 22 heteroatoms. The fourth-order valence-electron chi connectivity index (χ4n) is 8.45. The molecule has 370 valence electrons. The molecule has 7 amide bonds. The highest BCUT2D eigenvalue weighted by molar-refractivity contribution is 9.10. The summed E-state index contributed by atoms with van der Waals surface area (Å²) in [7, 11) is -4.29. The van der Waals surface area contributed by atoms with E-state index in [-0.39, 0.29) is 67.6 Å². The number of halogens is 3. The highest BCUT2D eigenvalue weighted by Crippen LogP contribution is 2.59. The SMILES string of the molecule is CN(C(=O)[C@@H]1C[C@@H](OCC(=O)NCCCC#Cc2cccc3c2CN(C2CCC(=O)NC2=O)C3=O)CN1C(=O)[C@@H](NC(=O)c1cc2cc(C(F)(F)P(=O)(O)O)ccc2s1)C(C)(C)C)c1ccc(Br)cc1. The van der Waals surface area contributed by atoms with Crippen LogP contribution in [0.2, 0.25) is 0 Å². The first-order chi connectivity index (χ1) is 32.9. The molecule has 4 aromatic rings. The molecular weight excluding hydrogens is 1020 g/mol. The van der Waals surface area contributed by atoms with Crippen LogP contribution in [-0.4, -0.2) is 112 Å². The van der Waals surface area contributed by atoms with E-state index in [9.17, 15) is 56.7 Å². The van der Waals surface area contributed by atoms with Gasteiger partial charge in [0, 0.05) is 77.5 Å². The number of imide groups is 1. The molecule has 2 saturated heterocycles. The van der Waals surface area contributed by atoms with E-state index in [1.165, 1.54) is 26.8 Å². The van der Waals surface area contributed by atoms with E-state index in [1.807, 2.05) is 0 Å². The monoisotopic (exact) mass is 1070 g/mol. The quantitative estimate of drug-likeness (QED) is 0.0465. The topological polar surface area (TPSA) is 232 Å². The van der Waals surface area contributed by atoms with Crippen LogP contribution in [0.3, 0.4) is 0 Å². The van der Waals surface area contributed by atoms with E-state index in [2.05, 4.69) is 43.7 Å². The largest absolute Gasteiger partial charge is 0.399 e. The van der Waals surface area contributed by atoms with Crippen LogP contribution in [0.4, 0.5) is 14.5 Å². The molecule has 4 heterocycles. The number of benzene rings is 3. The predicted octanol–water partition coefficient (Wildman–Crippen LogP) is 5.39. The average Bonchev–Trinajstić information content (AvgIpc) is 4.03. The molecule has 70 heavy (non-hydrogen) atoms. The van der Waals surface area contributed by atoms with Gasteiger partial charge in [-0.15, -0.1) is 11.3 Å². The summed E-state index contributed by atoms with van der Waals surface area (Å²) < 4.78 is 47.7. The van der Waals surface area contributed by atoms with Gasteiger partial charge in [0.25, 0.3) is 11.8 Å². The van der Waals surface area contributed by atoms with E-state index in [0.717, 1.165) is 27.9 Å². The minimum atomic E-state index is -5.85. The highest BCUT2D eigenvalue weighted by Gasteiger charge is 2.51. The third kappa shape index (κ3) is 11.3. The van der Waals surface area contributed by atoms with Crippen molar-refractivity contribution in [1.82, 2.24) is 25.8 Å². The molecule has 0 aliphatic carbocycles. The minimum Gasteiger partial charge on any atom is -0.366 e. The molecule has 3 aromatic carbocycles. The second-order valence-corrected chi connectivity index (χ2v) is 21.9. The van der Waals surface area contributed by atoms with Crippen molar-refractivity contribution in [3.63, 3.8) is 0 Å². The van der Waals surface area contributed by atoms with Gasteiger partial charge < -0.3 is 39.9 Å². The standard InChI is InChI=1S/C48H50BrF2N6O11PS/c1-47(2,3)41(54-43(61)38-22-28-21-29(12-18-37(28)70-38)48(50,51)69(65,66)67)46(64)56-24-32(23-36(56)45(63)55(4)31-15-13-30(49)14-16-31)68-26-40(59)52-20-7-5-6-9-27-10-8-11-33-34(27)25-57(44(33)62)35-17-19-39(58)53-42(35)60/h8,10-16,18,21-22,32,35-36,41H,5,7,17,19-20,23-26H2,1-4H3,(H,52,59)(H,54,61)(H,53,58,60)(H2,65,66,67)/t32-,35?,36+,41-/m1/s1. The molecule has 0 bridgehead atoms. The number of anilines is 1. The molecule has 1 unspecified atom stereocenters. The maximum atomic E-state index is 14.7. The first-order valence-corrected chi connectivity index (χ1v) is 25.4. The third-order valence-corrected chi connectivity index (χ3v) is 14.9. The number of unbranched alkanes of at least 4 members (excludes halogenated alkanes) is 1. The van der Waals surface area contributed by atoms with Crippen molar-refractivity contribution < 1.29 is 61.4 Å². The Hall–Kier alpha value is -5.88. The summed E-state index contributed by atoms with van der Waals surface area (Å²) in [4.78, 5) is 116. The lowest BCUT2D eigenvalue weighted by atomic mass is 9.85. The van der Waals surface area contributed by atoms with Crippen LogP contribution < -0.4 is 20.9 Å². The number of hydrogen-bond acceptors (Lipinski definition) is 10. The zero-order valence-electron chi connectivity index (χ0n) is 38.4. The molecule has 4 atom stereocenters. The number of nitrogens with one attached hydrogen (secondary N) is 3. The number of carbonyl (C=O) groups excluding carboxylic acids is 7. The van der Waals surface area contributed by atoms with Crippen molar-refractivity contribution in [2.75, 3.05) is 31.6 Å². The number of ether oxygens (including phenoxy) is 1. The number of carbonyl (C=O) groups is 7. The van der Waals surface area contributed by atoms with E-state index in [4.69, 9.17) is 4.74 Å². The maximum absolute atomic E-state index is 14.7. The number of hydrogen-bond donors (Lipinski definition) is 5. The fraction of sp³-hybridized carbons (Fsp3) is 0.396. The number of piperidine rings is 1. The maximum Gasteiger partial charge on any atom is 0.399 e. The second-order valence-electron chi connectivity index (χ2n) is 18.3. The molecule has 0 spiro atoms. The summed E-state index contributed by atoms with van der Waals surface area (Å²) in [6.07, 6.45) is 0.536. The Morgan fingerprint density at radius 1 is 1.06 bits per heavy atom. The Balaban J connectivity index is 0.979. The van der Waals surface area contributed by atoms with Gasteiger partial charge in [0.05, 0.1) is 11.0 Å². The summed E-state index contributed by atoms with van der Waals surface area (Å²) in [6.45, 7) is 5.12. The summed E-state index contributed by atoms with van der Waals surface area (Å²) in [5.41, 5.74) is -3.98. The Morgan fingerprint density at radius 3 is 2.47 bits per heavy atom. The van der Waals surface area contributed by atoms with Gasteiger partial charge in [0.15, 0.2) is 0 Å². The van der Waals surface area contributed by atoms with Crippen LogP contribution in [0.1, 0.15) is 89.6 Å². The van der Waals surface area contributed by atoms with Crippen molar-refractivity contribution in [2.45, 2.75) is 89.3 Å². The van der Waals surface area contributed by atoms with Crippen molar-refractivity contribution >= 4 is 92.0 Å². The first-order valence-electron chi connectivity index (χ1n) is 22.2. The molecule has 0 saturated carbocycles. The predicted molar refractivity (Wildman–Crippen MR) is 257 cm³/mol. The molecule has 0 radical (unpaired) electrons. The Labute approximate surface area is 413 Å². The average molecular weight is 1070 g/mol. The zero-order chi connectivity index (χ0) is 50.9. The number of likely N-dealkylation sites (tertiary alicyclic amines) is 1. The Kier molecular flexibility index (Phi) is 15.5. The summed E-state index contributed by atoms with van der Waals surface area (Å²) >= 11 is 4.32. The lowest BCUT2D eigenvalue weighted by Crippen LogP contribution is -2.57. The lowest BCUT2D eigenvalue weighted by Gasteiger charge is -2.36. The smallest absolute Gasteiger partial charge is 0.366 e. The number of fused-ring (bicyclic) bond motifs is 2. The van der Waals surface area contributed by atoms with Crippen molar-refractivity contribution in [2.24, 2.45) is 5.41 Å². The van der Waals surface area contributed by atoms with Crippen LogP contribution in [0, 0.1) is 17.3 Å². The van der Waals surface area contributed by atoms with Gasteiger partial charge in [0.1, 0.15) is 24.7 Å². The number of likely N-dealkylation sites (N-methyl/N-ethyl adjacent to an activating group) is 1. The molecule has 1 aromatic heterocycles. The molecule has 3 aliphatic heterocycles. The lowest BCUT2D eigenvalue weighted by molar-refractivity contribution is -0.141. The zero-order valence-corrected chi connectivity index (χ0v) is 41.7. The second kappa shape index (κ2) is 20.8. The molecule has 3 aliphatic rings. The van der Waals surface area contributed by atoms with Gasteiger partial charge in [-0.05, 0) is 83.8 Å². The van der Waals surface area contributed by atoms with Gasteiger partial charge >= 0.3 is 13.3 Å². The van der Waals surface area contributed by atoms with Crippen LogP contribution in [-0.2, 0) is 45.5 Å². The van der Waals surface area contributed by atoms with Gasteiger partial charge in [-0.2, -0.15) is 8.78 Å². The van der Waals surface area contributed by atoms with E-state index in [0.29, 0.717) is 39.9 Å². The number of nitrogens with zero attached hydrogens (tertiary/aromatic N) is 3. The summed E-state index contributed by atoms with van der Waals surface area (Å²) in [6, 6.07) is 13.4. The van der Waals surface area contributed by atoms with Gasteiger partial charge in [-0.1, -0.05) is 60.7 Å². The molecule has 5 N–H and O–H groups in total. The molecular formula is C48H50BrF2N6O11PS. The Bertz CT molecular complexity index is 2880. The van der Waals surface area contributed by atoms with Gasteiger partial charge in [-0.3, -0.25) is 43.4 Å². The molecule has 17 nitrogen and oxygen atoms in total. The van der Waals surface area contributed by atoms with Crippen LogP contribution in [0.15, 0.2) is 71.2 Å². The van der Waals surface area contributed by atoms with E-state index < -0.39 is 78.0 Å². The van der Waals surface area contributed by atoms with Crippen molar-refractivity contribution in [3.8, 4) is 11.8 Å². The molecule has 7 rings (SSSR count). The number of alkyl halides is 2. The van der Waals surface area contributed by atoms with Crippen LogP contribution in [0.25, 0.3) is 10.1 Å². The summed E-state index contributed by atoms with van der Waals surface area (Å²) in [5, 5.41) is 7.99. The third-order valence-electron chi connectivity index (χ3n) is 12.3. The number of rotatable bonds is 14. The minimum absolute atomic E-state index is 0.0249. The van der Waals surface area contributed by atoms with Gasteiger partial charge in [-0.25, -0.2) is 0 Å².